The lowest BCUT2D eigenvalue weighted by Gasteiger charge is -2.33. The van der Waals surface area contributed by atoms with Crippen LogP contribution in [0.25, 0.3) is 0 Å². The summed E-state index contributed by atoms with van der Waals surface area (Å²) in [5, 5.41) is 24.9. The first-order valence-corrected chi connectivity index (χ1v) is 21.1. The van der Waals surface area contributed by atoms with Gasteiger partial charge in [0.1, 0.15) is 48.4 Å². The van der Waals surface area contributed by atoms with E-state index in [2.05, 4.69) is 26.6 Å². The Hall–Kier alpha value is -5.96. The molecule has 2 aliphatic heterocycles. The first kappa shape index (κ1) is 46.1. The minimum atomic E-state index is -1.75. The molecule has 3 aromatic rings. The van der Waals surface area contributed by atoms with E-state index in [1.165, 1.54) is 0 Å². The van der Waals surface area contributed by atoms with Crippen LogP contribution in [0, 0.1) is 5.92 Å². The summed E-state index contributed by atoms with van der Waals surface area (Å²) >= 11 is 0. The van der Waals surface area contributed by atoms with Crippen molar-refractivity contribution in [1.29, 1.82) is 0 Å². The average Bonchev–Trinajstić information content (AvgIpc) is 3.23. The second kappa shape index (κ2) is 22.0. The number of fused-ring (bicyclic) bond motifs is 10. The molecule has 0 radical (unpaired) electrons. The summed E-state index contributed by atoms with van der Waals surface area (Å²) < 4.78 is 16.9. The third kappa shape index (κ3) is 14.6. The number of ether oxygens (including phenoxy) is 3. The van der Waals surface area contributed by atoms with Crippen LogP contribution in [0.2, 0.25) is 0 Å². The molecule has 0 spiro atoms. The maximum absolute atomic E-state index is 14.5. The highest BCUT2D eigenvalue weighted by Crippen LogP contribution is 2.28. The van der Waals surface area contributed by atoms with Gasteiger partial charge in [-0.1, -0.05) is 87.2 Å². The fraction of sp³-hybridized carbons (Fsp3) is 0.478. The van der Waals surface area contributed by atoms with Crippen molar-refractivity contribution in [3.63, 3.8) is 0 Å². The zero-order valence-electron chi connectivity index (χ0n) is 35.4. The maximum Gasteiger partial charge on any atom is 0.408 e. The lowest BCUT2D eigenvalue weighted by Crippen LogP contribution is -2.61. The van der Waals surface area contributed by atoms with Crippen LogP contribution >= 0.6 is 0 Å². The van der Waals surface area contributed by atoms with Gasteiger partial charge in [-0.2, -0.15) is 0 Å². The lowest BCUT2D eigenvalue weighted by atomic mass is 9.83. The third-order valence-corrected chi connectivity index (χ3v) is 10.5. The molecule has 6 N–H and O–H groups in total. The number of nitrogens with one attached hydrogen (secondary N) is 5. The molecule has 0 aromatic heterocycles. The number of hydrogen-bond donors (Lipinski definition) is 6. The molecule has 61 heavy (non-hydrogen) atoms. The van der Waals surface area contributed by atoms with Crippen molar-refractivity contribution in [2.24, 2.45) is 5.92 Å². The smallest absolute Gasteiger partial charge is 0.408 e. The summed E-state index contributed by atoms with van der Waals surface area (Å²) in [5.41, 5.74) is 1.29. The Labute approximate surface area is 357 Å². The molecular weight excluding hydrogens is 783 g/mol. The number of aliphatic hydroxyl groups is 1. The second-order valence-corrected chi connectivity index (χ2v) is 16.7. The summed E-state index contributed by atoms with van der Waals surface area (Å²) in [6, 6.07) is 18.6. The normalized spacial score (nSPS) is 19.7. The van der Waals surface area contributed by atoms with Gasteiger partial charge in [-0.15, -0.1) is 0 Å². The largest absolute Gasteiger partial charge is 0.460 e. The predicted molar refractivity (Wildman–Crippen MR) is 226 cm³/mol. The molecule has 5 amide bonds. The predicted octanol–water partition coefficient (Wildman–Crippen LogP) is 4.53. The minimum absolute atomic E-state index is 0.0106. The molecule has 15 nitrogen and oxygen atoms in total. The van der Waals surface area contributed by atoms with Crippen LogP contribution in [0.3, 0.4) is 0 Å². The van der Waals surface area contributed by atoms with Gasteiger partial charge < -0.3 is 45.9 Å². The zero-order chi connectivity index (χ0) is 43.9. The number of esters is 1. The number of amides is 5. The zero-order valence-corrected chi connectivity index (χ0v) is 35.4. The van der Waals surface area contributed by atoms with Gasteiger partial charge in [0.2, 0.25) is 17.7 Å². The Morgan fingerprint density at radius 1 is 0.852 bits per heavy atom. The molecule has 0 saturated heterocycles. The number of benzene rings is 3. The van der Waals surface area contributed by atoms with Crippen molar-refractivity contribution in [1.82, 2.24) is 26.6 Å². The van der Waals surface area contributed by atoms with E-state index in [0.717, 1.165) is 30.4 Å². The number of carbonyl (C=O) groups is 6. The molecule has 3 aliphatic rings. The van der Waals surface area contributed by atoms with Gasteiger partial charge in [-0.05, 0) is 86.9 Å². The van der Waals surface area contributed by atoms with E-state index in [9.17, 15) is 33.9 Å². The number of alkyl carbamates (subject to hydrolysis) is 1. The van der Waals surface area contributed by atoms with Gasteiger partial charge in [0.05, 0.1) is 6.04 Å². The van der Waals surface area contributed by atoms with Crippen molar-refractivity contribution in [2.45, 2.75) is 128 Å². The molecule has 2 unspecified atom stereocenters. The molecular formula is C46H59N5O10. The van der Waals surface area contributed by atoms with Crippen LogP contribution in [0.5, 0.6) is 11.5 Å². The van der Waals surface area contributed by atoms with E-state index in [0.29, 0.717) is 36.3 Å². The van der Waals surface area contributed by atoms with Gasteiger partial charge >= 0.3 is 12.1 Å². The maximum atomic E-state index is 14.5. The fourth-order valence-electron chi connectivity index (χ4n) is 7.42. The van der Waals surface area contributed by atoms with Crippen LogP contribution in [-0.2, 0) is 52.9 Å². The van der Waals surface area contributed by atoms with Crippen LogP contribution < -0.4 is 31.3 Å². The summed E-state index contributed by atoms with van der Waals surface area (Å²) in [5.74, 6) is -2.77. The van der Waals surface area contributed by atoms with E-state index < -0.39 is 78.1 Å². The van der Waals surface area contributed by atoms with Crippen molar-refractivity contribution >= 4 is 35.7 Å². The second-order valence-electron chi connectivity index (χ2n) is 16.7. The topological polar surface area (TPSA) is 210 Å². The molecule has 4 bridgehead atoms. The van der Waals surface area contributed by atoms with Gasteiger partial charge in [-0.3, -0.25) is 24.0 Å². The summed E-state index contributed by atoms with van der Waals surface area (Å²) in [6.07, 6.45) is 2.15. The Balaban J connectivity index is 1.39. The van der Waals surface area contributed by atoms with Gasteiger partial charge in [0, 0.05) is 12.8 Å². The molecule has 5 atom stereocenters. The molecule has 3 aromatic carbocycles. The molecule has 1 aliphatic carbocycles. The van der Waals surface area contributed by atoms with Crippen molar-refractivity contribution < 1.29 is 48.1 Å². The average molecular weight is 842 g/mol. The molecule has 15 heteroatoms. The van der Waals surface area contributed by atoms with Crippen LogP contribution in [0.1, 0.15) is 89.3 Å². The fourth-order valence-corrected chi connectivity index (χ4v) is 7.42. The molecule has 6 rings (SSSR count). The van der Waals surface area contributed by atoms with E-state index >= 15 is 0 Å². The Bertz CT molecular complexity index is 1960. The minimum Gasteiger partial charge on any atom is -0.460 e. The highest BCUT2D eigenvalue weighted by atomic mass is 16.6. The Kier molecular flexibility index (Phi) is 16.7. The highest BCUT2D eigenvalue weighted by molar-refractivity contribution is 5.94. The van der Waals surface area contributed by atoms with Crippen LogP contribution in [-0.4, -0.2) is 83.2 Å². The highest BCUT2D eigenvalue weighted by Gasteiger charge is 2.37. The van der Waals surface area contributed by atoms with Crippen molar-refractivity contribution in [3.8, 4) is 11.5 Å². The Morgan fingerprint density at radius 3 is 2.26 bits per heavy atom. The summed E-state index contributed by atoms with van der Waals surface area (Å²) in [7, 11) is 0. The van der Waals surface area contributed by atoms with Gasteiger partial charge in [0.25, 0.3) is 5.91 Å². The SMILES string of the molecule is CCCC(NC(=O)[C@@H]1Cc2cccc(c2)Oc2ccc(cc2)C[C@H](NC(=O)OC(C)(C)C)C(=O)N[C@@H](C2CCCCC2)C(=O)N1)C(O)C(=O)NCC(=O)OCc1ccccc1. The third-order valence-electron chi connectivity index (χ3n) is 10.5. The number of aliphatic hydroxyl groups excluding tert-OH is 1. The van der Waals surface area contributed by atoms with E-state index in [1.807, 2.05) is 13.0 Å². The summed E-state index contributed by atoms with van der Waals surface area (Å²) in [4.78, 5) is 81.6. The number of hydrogen-bond acceptors (Lipinski definition) is 10. The van der Waals surface area contributed by atoms with Crippen LogP contribution in [0.15, 0.2) is 78.9 Å². The van der Waals surface area contributed by atoms with E-state index in [4.69, 9.17) is 14.2 Å². The number of rotatable bonds is 12. The molecule has 328 valence electrons. The summed E-state index contributed by atoms with van der Waals surface area (Å²) in [6.45, 7) is 6.47. The van der Waals surface area contributed by atoms with Gasteiger partial charge in [0.15, 0.2) is 6.10 Å². The van der Waals surface area contributed by atoms with Gasteiger partial charge in [-0.25, -0.2) is 4.79 Å². The Morgan fingerprint density at radius 2 is 1.57 bits per heavy atom. The first-order chi connectivity index (χ1) is 29.2. The first-order valence-electron chi connectivity index (χ1n) is 21.1. The standard InChI is InChI=1S/C46H59N5O10/c1-5-13-35(40(53)44(57)47-27-38(52)59-28-30-14-8-6-9-15-30)48-41(54)36-26-31-16-12-19-34(24-31)60-33-22-20-29(21-23-33)25-37(50-45(58)61-46(2,3)4)42(55)51-39(43(56)49-36)32-17-10-7-11-18-32/h6,8-9,12,14-16,19-24,32,35-37,39-40,53H,5,7,10-11,13,17-18,25-28H2,1-4H3,(H,47,57)(H,48,54)(H,49,56)(H,50,58)(H,51,55)/t35?,36-,37-,39-,40?/m0/s1. The monoisotopic (exact) mass is 841 g/mol. The lowest BCUT2D eigenvalue weighted by molar-refractivity contribution is -0.146. The van der Waals surface area contributed by atoms with Crippen molar-refractivity contribution in [3.05, 3.63) is 95.6 Å². The molecule has 1 saturated carbocycles. The van der Waals surface area contributed by atoms with E-state index in [-0.39, 0.29) is 31.8 Å². The molecule has 2 heterocycles. The van der Waals surface area contributed by atoms with Crippen LogP contribution in [0.4, 0.5) is 4.79 Å². The quantitative estimate of drug-likeness (QED) is 0.140. The molecule has 1 fully saturated rings. The number of carbonyl (C=O) groups excluding carboxylic acids is 6. The van der Waals surface area contributed by atoms with Crippen molar-refractivity contribution in [2.75, 3.05) is 6.54 Å². The van der Waals surface area contributed by atoms with E-state index in [1.54, 1.807) is 93.6 Å².